The Morgan fingerprint density at radius 1 is 1.03 bits per heavy atom. The number of carbonyl (C=O) groups is 1. The summed E-state index contributed by atoms with van der Waals surface area (Å²) in [5.74, 6) is 1.37. The van der Waals surface area contributed by atoms with Gasteiger partial charge in [-0.25, -0.2) is 0 Å². The van der Waals surface area contributed by atoms with E-state index in [0.717, 1.165) is 32.7 Å². The molecule has 2 aromatic rings. The maximum atomic E-state index is 13.2. The Morgan fingerprint density at radius 2 is 1.75 bits per heavy atom. The van der Waals surface area contributed by atoms with Crippen LogP contribution in [0.2, 0.25) is 0 Å². The Morgan fingerprint density at radius 3 is 2.38 bits per heavy atom. The van der Waals surface area contributed by atoms with Gasteiger partial charge in [0.2, 0.25) is 17.6 Å². The highest BCUT2D eigenvalue weighted by Gasteiger charge is 2.35. The van der Waals surface area contributed by atoms with Crippen LogP contribution in [0.15, 0.2) is 16.9 Å². The summed E-state index contributed by atoms with van der Waals surface area (Å²) in [6.07, 6.45) is 0.0954. The molecule has 10 heteroatoms. The molecule has 3 heterocycles. The van der Waals surface area contributed by atoms with Gasteiger partial charge in [0.1, 0.15) is 5.82 Å². The SMILES string of the molecule is CCN1CCN(c2nc3c(c(=O)[nH]2)[C@H](c2ccc(OC)c(OC)c2OC)CC(=O)N3)CC1. The van der Waals surface area contributed by atoms with Gasteiger partial charge in [-0.15, -0.1) is 0 Å². The lowest BCUT2D eigenvalue weighted by atomic mass is 9.86. The van der Waals surface area contributed by atoms with E-state index in [2.05, 4.69) is 27.1 Å². The Bertz CT molecular complexity index is 1060. The molecule has 1 fully saturated rings. The molecule has 32 heavy (non-hydrogen) atoms. The zero-order chi connectivity index (χ0) is 22.8. The summed E-state index contributed by atoms with van der Waals surface area (Å²) in [5, 5.41) is 2.78. The molecule has 2 aliphatic rings. The van der Waals surface area contributed by atoms with Crippen LogP contribution in [-0.2, 0) is 4.79 Å². The van der Waals surface area contributed by atoms with Crippen molar-refractivity contribution in [3.63, 3.8) is 0 Å². The summed E-state index contributed by atoms with van der Waals surface area (Å²) in [7, 11) is 4.58. The number of aromatic amines is 1. The standard InChI is InChI=1S/C22H29N5O5/c1-5-26-8-10-27(11-9-26)22-24-20-17(21(29)25-22)14(12-16(28)23-20)13-6-7-15(30-2)19(32-4)18(13)31-3/h6-7,14H,5,8-12H2,1-4H3,(H2,23,24,25,28,29)/t14-/m0/s1. The van der Waals surface area contributed by atoms with Gasteiger partial charge in [0, 0.05) is 44.1 Å². The maximum Gasteiger partial charge on any atom is 0.258 e. The van der Waals surface area contributed by atoms with Crippen molar-refractivity contribution in [2.24, 2.45) is 0 Å². The van der Waals surface area contributed by atoms with E-state index in [0.29, 0.717) is 40.1 Å². The second kappa shape index (κ2) is 9.07. The van der Waals surface area contributed by atoms with Gasteiger partial charge >= 0.3 is 0 Å². The van der Waals surface area contributed by atoms with Crippen LogP contribution in [0, 0.1) is 0 Å². The summed E-state index contributed by atoms with van der Waals surface area (Å²) in [6.45, 7) is 6.44. The zero-order valence-corrected chi connectivity index (χ0v) is 18.9. The van der Waals surface area contributed by atoms with Gasteiger partial charge in [-0.3, -0.25) is 14.6 Å². The first-order chi connectivity index (χ1) is 15.5. The minimum absolute atomic E-state index is 0.0954. The van der Waals surface area contributed by atoms with Crippen molar-refractivity contribution < 1.29 is 19.0 Å². The van der Waals surface area contributed by atoms with E-state index >= 15 is 0 Å². The van der Waals surface area contributed by atoms with Crippen LogP contribution in [0.5, 0.6) is 17.2 Å². The number of nitrogens with zero attached hydrogens (tertiary/aromatic N) is 3. The first kappa shape index (κ1) is 21.9. The molecule has 0 spiro atoms. The van der Waals surface area contributed by atoms with Crippen LogP contribution >= 0.6 is 0 Å². The van der Waals surface area contributed by atoms with Gasteiger partial charge in [-0.1, -0.05) is 13.0 Å². The minimum Gasteiger partial charge on any atom is -0.493 e. The van der Waals surface area contributed by atoms with Gasteiger partial charge in [0.05, 0.1) is 26.9 Å². The molecule has 0 saturated carbocycles. The van der Waals surface area contributed by atoms with E-state index in [1.54, 1.807) is 12.1 Å². The number of hydrogen-bond acceptors (Lipinski definition) is 8. The van der Waals surface area contributed by atoms with Gasteiger partial charge in [-0.2, -0.15) is 4.98 Å². The summed E-state index contributed by atoms with van der Waals surface area (Å²) in [4.78, 5) is 37.8. The third kappa shape index (κ3) is 3.86. The number of likely N-dealkylation sites (N-methyl/N-ethyl adjacent to an activating group) is 1. The highest BCUT2D eigenvalue weighted by Crippen LogP contribution is 2.46. The molecule has 1 aromatic heterocycles. The van der Waals surface area contributed by atoms with Crippen LogP contribution < -0.4 is 30.0 Å². The fraction of sp³-hybridized carbons (Fsp3) is 0.500. The fourth-order valence-corrected chi connectivity index (χ4v) is 4.45. The molecular formula is C22H29N5O5. The number of ether oxygens (including phenoxy) is 3. The van der Waals surface area contributed by atoms with Crippen molar-refractivity contribution >= 4 is 17.7 Å². The van der Waals surface area contributed by atoms with Crippen molar-refractivity contribution in [3.8, 4) is 17.2 Å². The summed E-state index contributed by atoms with van der Waals surface area (Å²) in [6, 6.07) is 3.54. The monoisotopic (exact) mass is 443 g/mol. The fourth-order valence-electron chi connectivity index (χ4n) is 4.45. The molecule has 1 saturated heterocycles. The molecule has 0 radical (unpaired) electrons. The first-order valence-electron chi connectivity index (χ1n) is 10.7. The number of benzene rings is 1. The number of amides is 1. The third-order valence-corrected chi connectivity index (χ3v) is 6.17. The number of fused-ring (bicyclic) bond motifs is 1. The highest BCUT2D eigenvalue weighted by atomic mass is 16.5. The molecule has 4 rings (SSSR count). The van der Waals surface area contributed by atoms with Crippen molar-refractivity contribution in [1.29, 1.82) is 0 Å². The number of anilines is 2. The summed E-state index contributed by atoms with van der Waals surface area (Å²) in [5.41, 5.74) is 0.800. The van der Waals surface area contributed by atoms with E-state index < -0.39 is 5.92 Å². The lowest BCUT2D eigenvalue weighted by Crippen LogP contribution is -2.47. The quantitative estimate of drug-likeness (QED) is 0.690. The Hall–Kier alpha value is -3.27. The van der Waals surface area contributed by atoms with Gasteiger partial charge < -0.3 is 29.3 Å². The van der Waals surface area contributed by atoms with Gasteiger partial charge in [0.25, 0.3) is 5.56 Å². The topological polar surface area (TPSA) is 109 Å². The number of H-pyrrole nitrogens is 1. The molecule has 1 aromatic carbocycles. The maximum absolute atomic E-state index is 13.2. The predicted octanol–water partition coefficient (Wildman–Crippen LogP) is 1.41. The molecule has 0 bridgehead atoms. The average molecular weight is 444 g/mol. The Balaban J connectivity index is 1.76. The number of methoxy groups -OCH3 is 3. The van der Waals surface area contributed by atoms with Crippen molar-refractivity contribution in [1.82, 2.24) is 14.9 Å². The van der Waals surface area contributed by atoms with E-state index in [1.807, 2.05) is 4.90 Å². The second-order valence-corrected chi connectivity index (χ2v) is 7.80. The van der Waals surface area contributed by atoms with Crippen LogP contribution in [0.1, 0.15) is 30.4 Å². The van der Waals surface area contributed by atoms with Crippen molar-refractivity contribution in [3.05, 3.63) is 33.6 Å². The lowest BCUT2D eigenvalue weighted by Gasteiger charge is -2.35. The van der Waals surface area contributed by atoms with E-state index in [-0.39, 0.29) is 17.9 Å². The largest absolute Gasteiger partial charge is 0.493 e. The number of aromatic nitrogens is 2. The molecule has 1 atom stereocenters. The van der Waals surface area contributed by atoms with Crippen LogP contribution in [0.25, 0.3) is 0 Å². The number of piperazine rings is 1. The van der Waals surface area contributed by atoms with Crippen LogP contribution in [0.3, 0.4) is 0 Å². The zero-order valence-electron chi connectivity index (χ0n) is 18.9. The van der Waals surface area contributed by atoms with Gasteiger partial charge in [0.15, 0.2) is 11.5 Å². The predicted molar refractivity (Wildman–Crippen MR) is 120 cm³/mol. The van der Waals surface area contributed by atoms with Crippen LogP contribution in [0.4, 0.5) is 11.8 Å². The highest BCUT2D eigenvalue weighted by molar-refractivity contribution is 5.94. The molecule has 1 amide bonds. The number of carbonyl (C=O) groups excluding carboxylic acids is 1. The minimum atomic E-state index is -0.532. The van der Waals surface area contributed by atoms with Crippen molar-refractivity contribution in [2.75, 3.05) is 64.3 Å². The number of rotatable bonds is 6. The molecule has 0 unspecified atom stereocenters. The van der Waals surface area contributed by atoms with E-state index in [9.17, 15) is 9.59 Å². The van der Waals surface area contributed by atoms with Crippen molar-refractivity contribution in [2.45, 2.75) is 19.3 Å². The summed E-state index contributed by atoms with van der Waals surface area (Å²) < 4.78 is 16.5. The molecule has 2 N–H and O–H groups in total. The van der Waals surface area contributed by atoms with E-state index in [1.165, 1.54) is 21.3 Å². The summed E-state index contributed by atoms with van der Waals surface area (Å²) >= 11 is 0. The van der Waals surface area contributed by atoms with E-state index in [4.69, 9.17) is 14.2 Å². The third-order valence-electron chi connectivity index (χ3n) is 6.17. The Kier molecular flexibility index (Phi) is 6.22. The molecule has 172 valence electrons. The normalized spacial score (nSPS) is 18.7. The van der Waals surface area contributed by atoms with Crippen LogP contribution in [-0.4, -0.2) is 74.8 Å². The average Bonchev–Trinajstić information content (AvgIpc) is 2.82. The lowest BCUT2D eigenvalue weighted by molar-refractivity contribution is -0.116. The molecule has 2 aliphatic heterocycles. The Labute approximate surface area is 186 Å². The molecular weight excluding hydrogens is 414 g/mol. The smallest absolute Gasteiger partial charge is 0.258 e. The second-order valence-electron chi connectivity index (χ2n) is 7.80. The number of nitrogens with one attached hydrogen (secondary N) is 2. The molecule has 0 aliphatic carbocycles. The first-order valence-corrected chi connectivity index (χ1v) is 10.7. The van der Waals surface area contributed by atoms with Gasteiger partial charge in [-0.05, 0) is 12.6 Å². The molecule has 10 nitrogen and oxygen atoms in total. The number of hydrogen-bond donors (Lipinski definition) is 2.